The molecular weight excluding hydrogens is 236 g/mol. The van der Waals surface area contributed by atoms with Crippen LogP contribution in [0.1, 0.15) is 38.4 Å². The summed E-state index contributed by atoms with van der Waals surface area (Å²) in [4.78, 5) is 0. The normalized spacial score (nSPS) is 12.9. The van der Waals surface area contributed by atoms with Crippen molar-refractivity contribution < 1.29 is 9.84 Å². The van der Waals surface area contributed by atoms with E-state index in [1.807, 2.05) is 24.3 Å². The van der Waals surface area contributed by atoms with Gasteiger partial charge in [-0.15, -0.1) is 0 Å². The monoisotopic (exact) mass is 258 g/mol. The lowest BCUT2D eigenvalue weighted by atomic mass is 9.90. The molecule has 2 heteroatoms. The maximum absolute atomic E-state index is 10.4. The van der Waals surface area contributed by atoms with Gasteiger partial charge in [0, 0.05) is 0 Å². The Labute approximate surface area is 115 Å². The van der Waals surface area contributed by atoms with E-state index in [2.05, 4.69) is 26.0 Å². The Morgan fingerprint density at radius 3 is 2.26 bits per heavy atom. The maximum atomic E-state index is 10.4. The first kappa shape index (κ1) is 13.9. The molecule has 1 unspecified atom stereocenters. The largest absolute Gasteiger partial charge is 0.497 e. The summed E-state index contributed by atoms with van der Waals surface area (Å²) in [6.45, 7) is 4.26. The Hall–Kier alpha value is -1.54. The van der Waals surface area contributed by atoms with Crippen LogP contribution in [0.15, 0.2) is 36.4 Å². The van der Waals surface area contributed by atoms with Gasteiger partial charge >= 0.3 is 0 Å². The van der Waals surface area contributed by atoms with Crippen LogP contribution in [0.4, 0.5) is 0 Å². The van der Waals surface area contributed by atoms with E-state index in [-0.39, 0.29) is 6.10 Å². The predicted octanol–water partition coefficient (Wildman–Crippen LogP) is 4.32. The molecule has 0 saturated heterocycles. The highest BCUT2D eigenvalue weighted by atomic mass is 16.5. The number of benzene rings is 2. The maximum Gasteiger partial charge on any atom is 0.119 e. The summed E-state index contributed by atoms with van der Waals surface area (Å²) in [5.74, 6) is 1.19. The van der Waals surface area contributed by atoms with Crippen LogP contribution in [-0.2, 0) is 0 Å². The lowest BCUT2D eigenvalue weighted by Gasteiger charge is -2.20. The van der Waals surface area contributed by atoms with Crippen molar-refractivity contribution in [2.45, 2.75) is 32.8 Å². The Kier molecular flexibility index (Phi) is 4.43. The van der Waals surface area contributed by atoms with Crippen LogP contribution in [0.5, 0.6) is 5.75 Å². The molecule has 2 rings (SSSR count). The lowest BCUT2D eigenvalue weighted by molar-refractivity contribution is 0.103. The Morgan fingerprint density at radius 1 is 1.00 bits per heavy atom. The van der Waals surface area contributed by atoms with Gasteiger partial charge in [-0.05, 0) is 40.5 Å². The first-order chi connectivity index (χ1) is 9.19. The zero-order valence-electron chi connectivity index (χ0n) is 11.9. The number of ether oxygens (including phenoxy) is 1. The molecule has 0 aliphatic carbocycles. The van der Waals surface area contributed by atoms with Gasteiger partial charge in [0.25, 0.3) is 0 Å². The molecule has 2 aromatic carbocycles. The molecule has 0 bridgehead atoms. The molecule has 0 saturated carbocycles. The number of fused-ring (bicyclic) bond motifs is 1. The van der Waals surface area contributed by atoms with E-state index in [1.54, 1.807) is 7.11 Å². The van der Waals surface area contributed by atoms with Crippen molar-refractivity contribution in [3.63, 3.8) is 0 Å². The SMILES string of the molecule is CCC(CC)C(O)c1ccc2cc(OC)ccc2c1. The molecule has 0 fully saturated rings. The van der Waals surface area contributed by atoms with E-state index < -0.39 is 0 Å². The Balaban J connectivity index is 2.36. The van der Waals surface area contributed by atoms with Crippen molar-refractivity contribution in [3.8, 4) is 5.75 Å². The topological polar surface area (TPSA) is 29.5 Å². The molecule has 1 atom stereocenters. The van der Waals surface area contributed by atoms with Gasteiger partial charge in [0.1, 0.15) is 5.75 Å². The third kappa shape index (κ3) is 2.90. The van der Waals surface area contributed by atoms with Crippen molar-refractivity contribution in [2.24, 2.45) is 5.92 Å². The van der Waals surface area contributed by atoms with E-state index in [0.29, 0.717) is 5.92 Å². The van der Waals surface area contributed by atoms with Gasteiger partial charge in [-0.25, -0.2) is 0 Å². The van der Waals surface area contributed by atoms with Gasteiger partial charge in [0.15, 0.2) is 0 Å². The predicted molar refractivity (Wildman–Crippen MR) is 79.5 cm³/mol. The summed E-state index contributed by atoms with van der Waals surface area (Å²) in [6, 6.07) is 12.2. The third-order valence-corrected chi connectivity index (χ3v) is 3.91. The van der Waals surface area contributed by atoms with E-state index in [9.17, 15) is 5.11 Å². The second-order valence-corrected chi connectivity index (χ2v) is 4.99. The van der Waals surface area contributed by atoms with Gasteiger partial charge in [-0.2, -0.15) is 0 Å². The molecule has 0 aromatic heterocycles. The minimum atomic E-state index is -0.374. The standard InChI is InChI=1S/C17H22O2/c1-4-12(5-2)17(18)15-7-6-14-11-16(19-3)9-8-13(14)10-15/h6-12,17-18H,4-5H2,1-3H3. The highest BCUT2D eigenvalue weighted by Gasteiger charge is 2.17. The first-order valence-corrected chi connectivity index (χ1v) is 6.95. The third-order valence-electron chi connectivity index (χ3n) is 3.91. The van der Waals surface area contributed by atoms with Crippen molar-refractivity contribution >= 4 is 10.8 Å². The summed E-state index contributed by atoms with van der Waals surface area (Å²) < 4.78 is 5.22. The minimum Gasteiger partial charge on any atom is -0.497 e. The van der Waals surface area contributed by atoms with E-state index >= 15 is 0 Å². The number of aliphatic hydroxyl groups is 1. The Morgan fingerprint density at radius 2 is 1.63 bits per heavy atom. The number of methoxy groups -OCH3 is 1. The van der Waals surface area contributed by atoms with Gasteiger partial charge in [0.05, 0.1) is 13.2 Å². The van der Waals surface area contributed by atoms with E-state index in [4.69, 9.17) is 4.74 Å². The number of hydrogen-bond acceptors (Lipinski definition) is 2. The van der Waals surface area contributed by atoms with Crippen molar-refractivity contribution in [1.29, 1.82) is 0 Å². The second kappa shape index (κ2) is 6.07. The van der Waals surface area contributed by atoms with Crippen LogP contribution in [0, 0.1) is 5.92 Å². The van der Waals surface area contributed by atoms with Crippen LogP contribution in [0.25, 0.3) is 10.8 Å². The molecule has 0 heterocycles. The molecule has 102 valence electrons. The molecule has 0 aliphatic rings. The molecule has 2 nitrogen and oxygen atoms in total. The highest BCUT2D eigenvalue weighted by Crippen LogP contribution is 2.30. The summed E-state index contributed by atoms with van der Waals surface area (Å²) in [5, 5.41) is 12.7. The average Bonchev–Trinajstić information content (AvgIpc) is 2.47. The summed E-state index contributed by atoms with van der Waals surface area (Å²) in [5.41, 5.74) is 1.01. The molecule has 2 aromatic rings. The number of hydrogen-bond donors (Lipinski definition) is 1. The fourth-order valence-corrected chi connectivity index (χ4v) is 2.56. The molecule has 0 radical (unpaired) electrons. The first-order valence-electron chi connectivity index (χ1n) is 6.95. The lowest BCUT2D eigenvalue weighted by Crippen LogP contribution is -2.10. The molecular formula is C17H22O2. The molecule has 0 spiro atoms. The van der Waals surface area contributed by atoms with Gasteiger partial charge < -0.3 is 9.84 Å². The van der Waals surface area contributed by atoms with Crippen LogP contribution < -0.4 is 4.74 Å². The number of rotatable bonds is 5. The fourth-order valence-electron chi connectivity index (χ4n) is 2.56. The molecule has 19 heavy (non-hydrogen) atoms. The highest BCUT2D eigenvalue weighted by molar-refractivity contribution is 5.84. The zero-order valence-corrected chi connectivity index (χ0v) is 11.9. The van der Waals surface area contributed by atoms with Crippen LogP contribution in [0.3, 0.4) is 0 Å². The Bertz CT molecular complexity index is 544. The molecule has 1 N–H and O–H groups in total. The van der Waals surface area contributed by atoms with Crippen LogP contribution >= 0.6 is 0 Å². The van der Waals surface area contributed by atoms with Gasteiger partial charge in [-0.1, -0.05) is 44.9 Å². The van der Waals surface area contributed by atoms with Crippen molar-refractivity contribution in [1.82, 2.24) is 0 Å². The summed E-state index contributed by atoms with van der Waals surface area (Å²) >= 11 is 0. The molecule has 0 amide bonds. The van der Waals surface area contributed by atoms with Gasteiger partial charge in [0.2, 0.25) is 0 Å². The second-order valence-electron chi connectivity index (χ2n) is 4.99. The molecule has 0 aliphatic heterocycles. The van der Waals surface area contributed by atoms with Crippen molar-refractivity contribution in [3.05, 3.63) is 42.0 Å². The summed E-state index contributed by atoms with van der Waals surface area (Å²) in [6.07, 6.45) is 1.62. The quantitative estimate of drug-likeness (QED) is 0.865. The van der Waals surface area contributed by atoms with E-state index in [0.717, 1.165) is 34.9 Å². The van der Waals surface area contributed by atoms with Crippen molar-refractivity contribution in [2.75, 3.05) is 7.11 Å². The minimum absolute atomic E-state index is 0.329. The fraction of sp³-hybridized carbons (Fsp3) is 0.412. The van der Waals surface area contributed by atoms with Gasteiger partial charge in [-0.3, -0.25) is 0 Å². The zero-order chi connectivity index (χ0) is 13.8. The smallest absolute Gasteiger partial charge is 0.119 e. The van der Waals surface area contributed by atoms with Crippen LogP contribution in [-0.4, -0.2) is 12.2 Å². The summed E-state index contributed by atoms with van der Waals surface area (Å²) in [7, 11) is 1.67. The van der Waals surface area contributed by atoms with E-state index in [1.165, 1.54) is 0 Å². The van der Waals surface area contributed by atoms with Crippen LogP contribution in [0.2, 0.25) is 0 Å². The number of aliphatic hydroxyl groups excluding tert-OH is 1. The average molecular weight is 258 g/mol.